The van der Waals surface area contributed by atoms with Crippen molar-refractivity contribution >= 4 is 23.1 Å². The van der Waals surface area contributed by atoms with Gasteiger partial charge in [0.15, 0.2) is 0 Å². The van der Waals surface area contributed by atoms with E-state index in [1.165, 1.54) is 18.6 Å². The molecule has 2 aromatic carbocycles. The van der Waals surface area contributed by atoms with E-state index in [2.05, 4.69) is 21.7 Å². The first-order valence-electron chi connectivity index (χ1n) is 12.4. The summed E-state index contributed by atoms with van der Waals surface area (Å²) in [5, 5.41) is 0. The number of alkyl halides is 3. The predicted molar refractivity (Wildman–Crippen MR) is 138 cm³/mol. The third-order valence-electron chi connectivity index (χ3n) is 6.64. The molecule has 3 heterocycles. The molecule has 0 aliphatic carbocycles. The SMILES string of the molecule is O=C1C(C#Cc2ccc(N3CCCCC3)cc2)=C(c2ccc(C(F)(F)F)cc2)C(=O)N1Cc1ccccn1. The smallest absolute Gasteiger partial charge is 0.372 e. The van der Waals surface area contributed by atoms with Gasteiger partial charge in [-0.15, -0.1) is 0 Å². The van der Waals surface area contributed by atoms with Gasteiger partial charge in [0.05, 0.1) is 23.4 Å². The summed E-state index contributed by atoms with van der Waals surface area (Å²) in [5.74, 6) is 4.59. The summed E-state index contributed by atoms with van der Waals surface area (Å²) in [5.41, 5.74) is 1.56. The summed E-state index contributed by atoms with van der Waals surface area (Å²) in [6, 6.07) is 17.0. The highest BCUT2D eigenvalue weighted by atomic mass is 19.4. The molecule has 2 aliphatic rings. The molecule has 3 aromatic rings. The molecule has 0 atom stereocenters. The Morgan fingerprint density at radius 1 is 0.816 bits per heavy atom. The van der Waals surface area contributed by atoms with E-state index < -0.39 is 23.6 Å². The van der Waals surface area contributed by atoms with Gasteiger partial charge in [0.2, 0.25) is 0 Å². The van der Waals surface area contributed by atoms with Crippen LogP contribution >= 0.6 is 0 Å². The Hall–Kier alpha value is -4.38. The number of aromatic nitrogens is 1. The van der Waals surface area contributed by atoms with Gasteiger partial charge in [0.1, 0.15) is 5.57 Å². The number of pyridine rings is 1. The number of rotatable bonds is 4. The van der Waals surface area contributed by atoms with Gasteiger partial charge >= 0.3 is 6.18 Å². The van der Waals surface area contributed by atoms with E-state index in [1.54, 1.807) is 24.4 Å². The minimum absolute atomic E-state index is 0.0166. The summed E-state index contributed by atoms with van der Waals surface area (Å²) in [6.45, 7) is 1.95. The topological polar surface area (TPSA) is 53.5 Å². The third-order valence-corrected chi connectivity index (χ3v) is 6.64. The van der Waals surface area contributed by atoms with Gasteiger partial charge in [-0.1, -0.05) is 30.0 Å². The molecule has 0 bridgehead atoms. The fraction of sp³-hybridized carbons (Fsp3) is 0.233. The van der Waals surface area contributed by atoms with Crippen LogP contribution < -0.4 is 4.90 Å². The number of imide groups is 1. The fourth-order valence-corrected chi connectivity index (χ4v) is 4.63. The van der Waals surface area contributed by atoms with Crippen molar-refractivity contribution in [2.24, 2.45) is 0 Å². The molecule has 0 radical (unpaired) electrons. The summed E-state index contributed by atoms with van der Waals surface area (Å²) in [6.07, 6.45) is 0.594. The van der Waals surface area contributed by atoms with Gasteiger partial charge in [-0.05, 0) is 73.4 Å². The van der Waals surface area contributed by atoms with E-state index in [1.807, 2.05) is 24.3 Å². The standard InChI is InChI=1S/C30H24F3N3O2/c31-30(32,33)23-12-10-22(11-13-23)27-26(28(37)36(29(27)38)20-24-6-2-3-17-34-24)16-9-21-7-14-25(15-8-21)35-18-4-1-5-19-35/h2-3,6-8,10-15,17H,1,4-5,18-20H2. The van der Waals surface area contributed by atoms with Crippen LogP contribution in [0.25, 0.3) is 5.57 Å². The first kappa shape index (κ1) is 25.3. The van der Waals surface area contributed by atoms with Gasteiger partial charge < -0.3 is 4.90 Å². The first-order chi connectivity index (χ1) is 18.3. The summed E-state index contributed by atoms with van der Waals surface area (Å²) in [7, 11) is 0. The molecule has 0 spiro atoms. The molecular weight excluding hydrogens is 491 g/mol. The van der Waals surface area contributed by atoms with Crippen LogP contribution in [-0.2, 0) is 22.3 Å². The highest BCUT2D eigenvalue weighted by molar-refractivity contribution is 6.37. The average molecular weight is 516 g/mol. The Morgan fingerprint density at radius 2 is 1.53 bits per heavy atom. The number of hydrogen-bond donors (Lipinski definition) is 0. The molecule has 5 rings (SSSR count). The maximum atomic E-state index is 13.4. The highest BCUT2D eigenvalue weighted by Crippen LogP contribution is 2.34. The van der Waals surface area contributed by atoms with Gasteiger partial charge in [-0.2, -0.15) is 13.2 Å². The molecule has 0 unspecified atom stereocenters. The lowest BCUT2D eigenvalue weighted by atomic mass is 10.00. The number of anilines is 1. The molecule has 1 aromatic heterocycles. The maximum absolute atomic E-state index is 13.4. The van der Waals surface area contributed by atoms with Crippen molar-refractivity contribution in [3.05, 3.63) is 101 Å². The van der Waals surface area contributed by atoms with Crippen LogP contribution in [-0.4, -0.2) is 34.8 Å². The van der Waals surface area contributed by atoms with Gasteiger partial charge in [-0.3, -0.25) is 19.5 Å². The molecule has 1 saturated heterocycles. The third kappa shape index (κ3) is 5.32. The van der Waals surface area contributed by atoms with Crippen LogP contribution in [0.3, 0.4) is 0 Å². The number of carbonyl (C=O) groups is 2. The quantitative estimate of drug-likeness (QED) is 0.342. The second-order valence-electron chi connectivity index (χ2n) is 9.19. The fourth-order valence-electron chi connectivity index (χ4n) is 4.63. The largest absolute Gasteiger partial charge is 0.416 e. The van der Waals surface area contributed by atoms with Crippen LogP contribution in [0.1, 0.15) is 41.6 Å². The molecule has 1 fully saturated rings. The lowest BCUT2D eigenvalue weighted by molar-refractivity contribution is -0.138. The Morgan fingerprint density at radius 3 is 2.16 bits per heavy atom. The number of carbonyl (C=O) groups excluding carboxylic acids is 2. The molecular formula is C30H24F3N3O2. The van der Waals surface area contributed by atoms with Crippen molar-refractivity contribution in [3.8, 4) is 11.8 Å². The average Bonchev–Trinajstić information content (AvgIpc) is 3.17. The van der Waals surface area contributed by atoms with Crippen molar-refractivity contribution in [2.45, 2.75) is 32.0 Å². The molecule has 0 saturated carbocycles. The zero-order valence-electron chi connectivity index (χ0n) is 20.5. The zero-order valence-corrected chi connectivity index (χ0v) is 20.5. The number of piperidine rings is 1. The normalized spacial score (nSPS) is 16.1. The van der Waals surface area contributed by atoms with Crippen molar-refractivity contribution in [1.29, 1.82) is 0 Å². The number of benzene rings is 2. The molecule has 8 heteroatoms. The lowest BCUT2D eigenvalue weighted by Crippen LogP contribution is -2.31. The summed E-state index contributed by atoms with van der Waals surface area (Å²) < 4.78 is 39.3. The predicted octanol–water partition coefficient (Wildman–Crippen LogP) is 5.47. The molecule has 0 N–H and O–H groups in total. The zero-order chi connectivity index (χ0) is 26.7. The Labute approximate surface area is 218 Å². The van der Waals surface area contributed by atoms with Crippen LogP contribution in [0.5, 0.6) is 0 Å². The summed E-state index contributed by atoms with van der Waals surface area (Å²) >= 11 is 0. The van der Waals surface area contributed by atoms with Crippen molar-refractivity contribution in [1.82, 2.24) is 9.88 Å². The Balaban J connectivity index is 1.48. The van der Waals surface area contributed by atoms with Gasteiger partial charge in [0, 0.05) is 30.5 Å². The van der Waals surface area contributed by atoms with E-state index in [-0.39, 0.29) is 23.3 Å². The first-order valence-corrected chi connectivity index (χ1v) is 12.4. The van der Waals surface area contributed by atoms with E-state index in [4.69, 9.17) is 0 Å². The molecule has 38 heavy (non-hydrogen) atoms. The minimum atomic E-state index is -4.52. The second kappa shape index (κ2) is 10.5. The number of hydrogen-bond acceptors (Lipinski definition) is 4. The second-order valence-corrected chi connectivity index (χ2v) is 9.19. The monoisotopic (exact) mass is 515 g/mol. The highest BCUT2D eigenvalue weighted by Gasteiger charge is 2.39. The van der Waals surface area contributed by atoms with E-state index in [0.29, 0.717) is 11.3 Å². The van der Waals surface area contributed by atoms with Crippen molar-refractivity contribution < 1.29 is 22.8 Å². The van der Waals surface area contributed by atoms with E-state index >= 15 is 0 Å². The van der Waals surface area contributed by atoms with E-state index in [9.17, 15) is 22.8 Å². The minimum Gasteiger partial charge on any atom is -0.372 e. The Bertz CT molecular complexity index is 1430. The van der Waals surface area contributed by atoms with Crippen LogP contribution in [0.4, 0.5) is 18.9 Å². The number of halogens is 3. The van der Waals surface area contributed by atoms with Crippen LogP contribution in [0.2, 0.25) is 0 Å². The van der Waals surface area contributed by atoms with Gasteiger partial charge in [-0.25, -0.2) is 0 Å². The Kier molecular flexibility index (Phi) is 7.01. The molecule has 192 valence electrons. The molecule has 5 nitrogen and oxygen atoms in total. The molecule has 2 amide bonds. The van der Waals surface area contributed by atoms with Crippen molar-refractivity contribution in [2.75, 3.05) is 18.0 Å². The number of amides is 2. The van der Waals surface area contributed by atoms with Crippen LogP contribution in [0.15, 0.2) is 78.5 Å². The van der Waals surface area contributed by atoms with Crippen LogP contribution in [0, 0.1) is 11.8 Å². The maximum Gasteiger partial charge on any atom is 0.416 e. The lowest BCUT2D eigenvalue weighted by Gasteiger charge is -2.28. The number of nitrogens with zero attached hydrogens (tertiary/aromatic N) is 3. The molecule has 2 aliphatic heterocycles. The van der Waals surface area contributed by atoms with Crippen molar-refractivity contribution in [3.63, 3.8) is 0 Å². The van der Waals surface area contributed by atoms with Gasteiger partial charge in [0.25, 0.3) is 11.8 Å². The van der Waals surface area contributed by atoms with E-state index in [0.717, 1.165) is 48.7 Å². The summed E-state index contributed by atoms with van der Waals surface area (Å²) in [4.78, 5) is 34.2.